The number of carbonyl (C=O) groups is 2. The summed E-state index contributed by atoms with van der Waals surface area (Å²) in [5, 5.41) is 3.46. The van der Waals surface area contributed by atoms with E-state index in [1.165, 1.54) is 0 Å². The van der Waals surface area contributed by atoms with Crippen molar-refractivity contribution in [2.24, 2.45) is 0 Å². The maximum absolute atomic E-state index is 13.1. The summed E-state index contributed by atoms with van der Waals surface area (Å²) in [5.74, 6) is 0.0898. The quantitative estimate of drug-likeness (QED) is 0.671. The van der Waals surface area contributed by atoms with Crippen molar-refractivity contribution in [2.75, 3.05) is 6.54 Å². The molecule has 0 aliphatic carbocycles. The number of hydrogen-bond donors (Lipinski definition) is 1. The highest BCUT2D eigenvalue weighted by Crippen LogP contribution is 2.39. The topological polar surface area (TPSA) is 49.4 Å². The van der Waals surface area contributed by atoms with Gasteiger partial charge in [0.25, 0.3) is 5.91 Å². The highest BCUT2D eigenvalue weighted by molar-refractivity contribution is 5.95. The molecule has 0 atom stereocenters. The van der Waals surface area contributed by atoms with Crippen LogP contribution in [0.4, 0.5) is 0 Å². The summed E-state index contributed by atoms with van der Waals surface area (Å²) >= 11 is 0. The van der Waals surface area contributed by atoms with Crippen LogP contribution < -0.4 is 5.32 Å². The summed E-state index contributed by atoms with van der Waals surface area (Å²) < 4.78 is 0. The third-order valence-electron chi connectivity index (χ3n) is 4.62. The number of hydrogen-bond acceptors (Lipinski definition) is 3. The van der Waals surface area contributed by atoms with E-state index in [1.54, 1.807) is 0 Å². The summed E-state index contributed by atoms with van der Waals surface area (Å²) in [7, 11) is 0. The molecule has 126 valence electrons. The lowest BCUT2D eigenvalue weighted by Gasteiger charge is -2.55. The zero-order valence-electron chi connectivity index (χ0n) is 14.6. The summed E-state index contributed by atoms with van der Waals surface area (Å²) in [6, 6.07) is 9.81. The van der Waals surface area contributed by atoms with Crippen molar-refractivity contribution in [3.8, 4) is 0 Å². The Morgan fingerprint density at radius 2 is 1.74 bits per heavy atom. The Kier molecular flexibility index (Phi) is 5.25. The Hall–Kier alpha value is -1.68. The van der Waals surface area contributed by atoms with Crippen LogP contribution in [-0.2, 0) is 4.79 Å². The first-order chi connectivity index (χ1) is 10.8. The van der Waals surface area contributed by atoms with E-state index in [0.717, 1.165) is 24.7 Å². The molecule has 1 aliphatic heterocycles. The lowest BCUT2D eigenvalue weighted by Crippen LogP contribution is -2.65. The first kappa shape index (κ1) is 17.7. The summed E-state index contributed by atoms with van der Waals surface area (Å²) in [6.07, 6.45) is 3.24. The third kappa shape index (κ3) is 3.99. The monoisotopic (exact) mass is 316 g/mol. The third-order valence-corrected chi connectivity index (χ3v) is 4.62. The zero-order valence-corrected chi connectivity index (χ0v) is 14.6. The number of piperidine rings is 1. The number of nitrogens with one attached hydrogen (secondary N) is 1. The van der Waals surface area contributed by atoms with Gasteiger partial charge in [-0.15, -0.1) is 0 Å². The number of carbonyl (C=O) groups excluding carboxylic acids is 2. The molecule has 2 rings (SSSR count). The lowest BCUT2D eigenvalue weighted by atomic mass is 9.76. The van der Waals surface area contributed by atoms with Gasteiger partial charge in [0.1, 0.15) is 6.29 Å². The van der Waals surface area contributed by atoms with Gasteiger partial charge in [0.15, 0.2) is 0 Å². The van der Waals surface area contributed by atoms with Crippen molar-refractivity contribution >= 4 is 12.2 Å². The average molecular weight is 316 g/mol. The molecule has 4 heteroatoms. The van der Waals surface area contributed by atoms with Crippen LogP contribution in [0.1, 0.15) is 57.3 Å². The van der Waals surface area contributed by atoms with Gasteiger partial charge < -0.3 is 15.0 Å². The summed E-state index contributed by atoms with van der Waals surface area (Å²) in [4.78, 5) is 25.6. The van der Waals surface area contributed by atoms with Gasteiger partial charge in [-0.2, -0.15) is 0 Å². The van der Waals surface area contributed by atoms with E-state index in [9.17, 15) is 9.59 Å². The smallest absolute Gasteiger partial charge is 0.254 e. The minimum atomic E-state index is -0.243. The second-order valence-corrected chi connectivity index (χ2v) is 7.65. The van der Waals surface area contributed by atoms with Gasteiger partial charge in [0.05, 0.1) is 0 Å². The van der Waals surface area contributed by atoms with Crippen LogP contribution >= 0.6 is 0 Å². The van der Waals surface area contributed by atoms with Gasteiger partial charge in [-0.3, -0.25) is 4.79 Å². The van der Waals surface area contributed by atoms with Crippen LogP contribution in [-0.4, -0.2) is 40.8 Å². The predicted molar refractivity (Wildman–Crippen MR) is 92.5 cm³/mol. The van der Waals surface area contributed by atoms with Crippen molar-refractivity contribution < 1.29 is 9.59 Å². The fourth-order valence-electron chi connectivity index (χ4n) is 4.03. The Labute approximate surface area is 139 Å². The molecule has 1 heterocycles. The molecule has 1 aromatic rings. The normalized spacial score (nSPS) is 20.3. The highest BCUT2D eigenvalue weighted by Gasteiger charge is 2.47. The molecule has 1 amide bonds. The van der Waals surface area contributed by atoms with E-state index in [-0.39, 0.29) is 17.0 Å². The Morgan fingerprint density at radius 3 is 2.26 bits per heavy atom. The van der Waals surface area contributed by atoms with Gasteiger partial charge in [-0.1, -0.05) is 18.2 Å². The number of aldehydes is 1. The van der Waals surface area contributed by atoms with E-state index in [1.807, 2.05) is 35.2 Å². The number of amides is 1. The van der Waals surface area contributed by atoms with Crippen LogP contribution in [0.5, 0.6) is 0 Å². The summed E-state index contributed by atoms with van der Waals surface area (Å²) in [5.41, 5.74) is 0.252. The minimum Gasteiger partial charge on any atom is -0.328 e. The molecule has 0 spiro atoms. The average Bonchev–Trinajstić information content (AvgIpc) is 2.46. The molecule has 1 saturated heterocycles. The number of rotatable bonds is 5. The lowest BCUT2D eigenvalue weighted by molar-refractivity contribution is -0.107. The van der Waals surface area contributed by atoms with Crippen LogP contribution in [0, 0.1) is 0 Å². The van der Waals surface area contributed by atoms with Crippen molar-refractivity contribution in [3.05, 3.63) is 35.9 Å². The number of nitrogens with zero attached hydrogens (tertiary/aromatic N) is 1. The molecule has 0 aromatic heterocycles. The molecule has 0 saturated carbocycles. The van der Waals surface area contributed by atoms with Crippen molar-refractivity contribution in [3.63, 3.8) is 0 Å². The SMILES string of the molecule is CC1(C)CC(NCCC=O)CC(C)(C)N1C(=O)c1ccccc1. The van der Waals surface area contributed by atoms with E-state index in [4.69, 9.17) is 0 Å². The Bertz CT molecular complexity index is 534. The van der Waals surface area contributed by atoms with Gasteiger partial charge in [-0.05, 0) is 52.7 Å². The maximum Gasteiger partial charge on any atom is 0.254 e. The second kappa shape index (κ2) is 6.83. The first-order valence-electron chi connectivity index (χ1n) is 8.35. The molecule has 1 N–H and O–H groups in total. The van der Waals surface area contributed by atoms with Crippen LogP contribution in [0.15, 0.2) is 30.3 Å². The molecule has 4 nitrogen and oxygen atoms in total. The standard InChI is InChI=1S/C19H28N2O2/c1-18(2)13-16(20-11-8-12-22)14-19(3,4)21(18)17(23)15-9-6-5-7-10-15/h5-7,9-10,12,16,20H,8,11,13-14H2,1-4H3. The van der Waals surface area contributed by atoms with Crippen LogP contribution in [0.2, 0.25) is 0 Å². The maximum atomic E-state index is 13.1. The van der Waals surface area contributed by atoms with Crippen LogP contribution in [0.3, 0.4) is 0 Å². The van der Waals surface area contributed by atoms with Gasteiger partial charge >= 0.3 is 0 Å². The van der Waals surface area contributed by atoms with Crippen molar-refractivity contribution in [2.45, 2.75) is 64.1 Å². The van der Waals surface area contributed by atoms with Crippen molar-refractivity contribution in [1.82, 2.24) is 10.2 Å². The van der Waals surface area contributed by atoms with Gasteiger partial charge in [0, 0.05) is 35.6 Å². The highest BCUT2D eigenvalue weighted by atomic mass is 16.2. The fraction of sp³-hybridized carbons (Fsp3) is 0.579. The molecule has 1 fully saturated rings. The van der Waals surface area contributed by atoms with E-state index in [0.29, 0.717) is 19.0 Å². The molecule has 0 radical (unpaired) electrons. The fourth-order valence-corrected chi connectivity index (χ4v) is 4.03. The van der Waals surface area contributed by atoms with Gasteiger partial charge in [0.2, 0.25) is 0 Å². The van der Waals surface area contributed by atoms with E-state index < -0.39 is 0 Å². The first-order valence-corrected chi connectivity index (χ1v) is 8.35. The molecule has 23 heavy (non-hydrogen) atoms. The Morgan fingerprint density at radius 1 is 1.17 bits per heavy atom. The molecule has 1 aromatic carbocycles. The minimum absolute atomic E-state index is 0.0898. The molecule has 0 unspecified atom stereocenters. The molecular formula is C19H28N2O2. The Balaban J connectivity index is 2.20. The van der Waals surface area contributed by atoms with E-state index in [2.05, 4.69) is 33.0 Å². The number of likely N-dealkylation sites (tertiary alicyclic amines) is 1. The second-order valence-electron chi connectivity index (χ2n) is 7.65. The predicted octanol–water partition coefficient (Wildman–Crippen LogP) is 3.03. The molecular weight excluding hydrogens is 288 g/mol. The van der Waals surface area contributed by atoms with Gasteiger partial charge in [-0.25, -0.2) is 0 Å². The molecule has 0 bridgehead atoms. The van der Waals surface area contributed by atoms with Crippen molar-refractivity contribution in [1.29, 1.82) is 0 Å². The zero-order chi connectivity index (χ0) is 17.1. The summed E-state index contributed by atoms with van der Waals surface area (Å²) in [6.45, 7) is 9.21. The van der Waals surface area contributed by atoms with E-state index >= 15 is 0 Å². The van der Waals surface area contributed by atoms with Crippen LogP contribution in [0.25, 0.3) is 0 Å². The molecule has 1 aliphatic rings. The largest absolute Gasteiger partial charge is 0.328 e. The number of benzene rings is 1.